The number of nitrogens with zero attached hydrogens (tertiary/aromatic N) is 5. The molecule has 1 saturated heterocycles. The van der Waals surface area contributed by atoms with Gasteiger partial charge in [-0.25, -0.2) is 9.67 Å². The Balaban J connectivity index is 1.03. The fourth-order valence-electron chi connectivity index (χ4n) is 5.78. The van der Waals surface area contributed by atoms with Gasteiger partial charge >= 0.3 is 5.97 Å². The summed E-state index contributed by atoms with van der Waals surface area (Å²) in [4.78, 5) is 23.8. The molecule has 220 valence electrons. The number of piperidine rings is 1. The van der Waals surface area contributed by atoms with Crippen LogP contribution in [0.4, 0.5) is 0 Å². The molecule has 1 aromatic carbocycles. The quantitative estimate of drug-likeness (QED) is 0.116. The second-order valence-corrected chi connectivity index (χ2v) is 18.1. The highest BCUT2D eigenvalue weighted by Crippen LogP contribution is 2.52. The molecule has 0 N–H and O–H groups in total. The van der Waals surface area contributed by atoms with E-state index in [-0.39, 0.29) is 11.9 Å². The van der Waals surface area contributed by atoms with Crippen molar-refractivity contribution >= 4 is 24.9 Å². The van der Waals surface area contributed by atoms with Gasteiger partial charge in [0.05, 0.1) is 29.4 Å². The van der Waals surface area contributed by atoms with Crippen molar-refractivity contribution in [2.24, 2.45) is 17.8 Å². The Hall–Kier alpha value is -3.60. The number of carbonyl (C=O) groups excluding carboxylic acids is 1. The topological polar surface area (TPSA) is 91.6 Å². The van der Waals surface area contributed by atoms with Crippen molar-refractivity contribution in [1.82, 2.24) is 24.6 Å². The maximum Gasteiger partial charge on any atom is 0.309 e. The number of rotatable bonds is 12. The summed E-state index contributed by atoms with van der Waals surface area (Å²) >= 11 is 0. The van der Waals surface area contributed by atoms with E-state index in [0.717, 1.165) is 60.1 Å². The Labute approximate surface area is 247 Å². The van der Waals surface area contributed by atoms with Crippen molar-refractivity contribution in [3.05, 3.63) is 66.6 Å². The van der Waals surface area contributed by atoms with Crippen LogP contribution in [0.3, 0.4) is 0 Å². The van der Waals surface area contributed by atoms with Crippen LogP contribution in [0.25, 0.3) is 22.2 Å². The number of fused-ring (bicyclic) bond motifs is 2. The third kappa shape index (κ3) is 6.56. The zero-order valence-electron chi connectivity index (χ0n) is 24.8. The van der Waals surface area contributed by atoms with Crippen LogP contribution in [0.2, 0.25) is 25.7 Å². The molecule has 1 saturated carbocycles. The summed E-state index contributed by atoms with van der Waals surface area (Å²) in [5, 5.41) is 5.43. The highest BCUT2D eigenvalue weighted by molar-refractivity contribution is 6.76. The molecular formula is C32H39N5O4Si. The predicted molar refractivity (Wildman–Crippen MR) is 164 cm³/mol. The summed E-state index contributed by atoms with van der Waals surface area (Å²) in [5.41, 5.74) is 3.87. The Morgan fingerprint density at radius 3 is 2.62 bits per heavy atom. The number of pyridine rings is 2. The monoisotopic (exact) mass is 585 g/mol. The summed E-state index contributed by atoms with van der Waals surface area (Å²) in [5.74, 6) is 2.18. The van der Waals surface area contributed by atoms with Crippen molar-refractivity contribution < 1.29 is 19.0 Å². The molecule has 3 atom stereocenters. The van der Waals surface area contributed by atoms with E-state index in [4.69, 9.17) is 19.2 Å². The molecule has 0 bridgehead atoms. The minimum absolute atomic E-state index is 0.0266. The number of esters is 1. The van der Waals surface area contributed by atoms with Gasteiger partial charge in [0.15, 0.2) is 0 Å². The summed E-state index contributed by atoms with van der Waals surface area (Å²) < 4.78 is 19.0. The molecule has 0 radical (unpaired) electrons. The molecule has 4 heterocycles. The van der Waals surface area contributed by atoms with E-state index >= 15 is 0 Å². The van der Waals surface area contributed by atoms with E-state index in [2.05, 4.69) is 46.8 Å². The van der Waals surface area contributed by atoms with Crippen LogP contribution in [-0.4, -0.2) is 65.0 Å². The first-order valence-electron chi connectivity index (χ1n) is 14.8. The standard InChI is InChI=1S/C32H39N5O4Si/c1-5-40-32(38)31-26-19-36(20-27(26)31)18-24-8-6-22-16-25(9-10-28(22)35-24)41-30-11-7-23(17-33-30)29-12-13-34-37(29)21-39-14-15-42(2,3)4/h6-13,16-17,26-27,31H,5,14-15,18-21H2,1-4H3/t26-,27+,31?. The third-order valence-electron chi connectivity index (χ3n) is 8.11. The van der Waals surface area contributed by atoms with Crippen LogP contribution in [0.15, 0.2) is 60.9 Å². The van der Waals surface area contributed by atoms with Crippen LogP contribution in [0, 0.1) is 17.8 Å². The van der Waals surface area contributed by atoms with Crippen molar-refractivity contribution in [1.29, 1.82) is 0 Å². The minimum atomic E-state index is -1.12. The van der Waals surface area contributed by atoms with Crippen molar-refractivity contribution in [2.75, 3.05) is 26.3 Å². The number of benzene rings is 1. The van der Waals surface area contributed by atoms with Gasteiger partial charge in [-0.3, -0.25) is 14.7 Å². The third-order valence-corrected chi connectivity index (χ3v) is 9.82. The second kappa shape index (κ2) is 11.9. The lowest BCUT2D eigenvalue weighted by molar-refractivity contribution is -0.145. The molecule has 1 aliphatic carbocycles. The van der Waals surface area contributed by atoms with E-state index in [1.165, 1.54) is 0 Å². The van der Waals surface area contributed by atoms with E-state index in [9.17, 15) is 4.79 Å². The number of hydrogen-bond acceptors (Lipinski definition) is 8. The Kier molecular flexibility index (Phi) is 8.11. The Bertz CT molecular complexity index is 1540. The minimum Gasteiger partial charge on any atom is -0.466 e. The molecule has 2 fully saturated rings. The first-order valence-corrected chi connectivity index (χ1v) is 18.5. The van der Waals surface area contributed by atoms with Crippen LogP contribution in [-0.2, 0) is 27.5 Å². The fraction of sp³-hybridized carbons (Fsp3) is 0.438. The lowest BCUT2D eigenvalue weighted by Crippen LogP contribution is -2.26. The van der Waals surface area contributed by atoms with Crippen LogP contribution >= 0.6 is 0 Å². The average molecular weight is 586 g/mol. The lowest BCUT2D eigenvalue weighted by atomic mass is 10.2. The Morgan fingerprint density at radius 1 is 1.05 bits per heavy atom. The SMILES string of the molecule is CCOC(=O)C1[C@H]2CN(Cc3ccc4cc(Oc5ccc(-c6ccnn6COCC[Si](C)(C)C)cn5)ccc4n3)C[C@@H]12. The van der Waals surface area contributed by atoms with Gasteiger partial charge in [-0.15, -0.1) is 0 Å². The van der Waals surface area contributed by atoms with Gasteiger partial charge in [0.1, 0.15) is 12.5 Å². The molecule has 10 heteroatoms. The van der Waals surface area contributed by atoms with E-state index in [1.54, 1.807) is 12.4 Å². The molecular weight excluding hydrogens is 546 g/mol. The molecule has 4 aromatic rings. The smallest absolute Gasteiger partial charge is 0.309 e. The van der Waals surface area contributed by atoms with Gasteiger partial charge in [-0.05, 0) is 61.2 Å². The maximum absolute atomic E-state index is 12.0. The summed E-state index contributed by atoms with van der Waals surface area (Å²) in [6.07, 6.45) is 3.59. The highest BCUT2D eigenvalue weighted by Gasteiger charge is 2.60. The molecule has 2 aliphatic rings. The number of aromatic nitrogens is 4. The molecule has 6 rings (SSSR count). The van der Waals surface area contributed by atoms with E-state index < -0.39 is 8.07 Å². The van der Waals surface area contributed by atoms with Crippen LogP contribution in [0.5, 0.6) is 11.6 Å². The number of carbonyl (C=O) groups is 1. The van der Waals surface area contributed by atoms with Gasteiger partial charge < -0.3 is 14.2 Å². The molecule has 0 spiro atoms. The average Bonchev–Trinajstić information content (AvgIpc) is 3.24. The van der Waals surface area contributed by atoms with E-state index in [1.807, 2.05) is 48.0 Å². The number of hydrogen-bond donors (Lipinski definition) is 0. The molecule has 1 aliphatic heterocycles. The van der Waals surface area contributed by atoms with E-state index in [0.29, 0.717) is 36.8 Å². The first-order chi connectivity index (χ1) is 20.3. The lowest BCUT2D eigenvalue weighted by Gasteiger charge is -2.18. The molecule has 42 heavy (non-hydrogen) atoms. The summed E-state index contributed by atoms with van der Waals surface area (Å²) in [7, 11) is -1.12. The summed E-state index contributed by atoms with van der Waals surface area (Å²) in [6.45, 7) is 13.2. The number of ether oxygens (including phenoxy) is 3. The molecule has 0 amide bonds. The Morgan fingerprint density at radius 2 is 1.88 bits per heavy atom. The fourth-order valence-corrected chi connectivity index (χ4v) is 6.54. The maximum atomic E-state index is 12.0. The molecule has 9 nitrogen and oxygen atoms in total. The van der Waals surface area contributed by atoms with Gasteiger partial charge in [-0.2, -0.15) is 5.10 Å². The van der Waals surface area contributed by atoms with Crippen LogP contribution in [0.1, 0.15) is 12.6 Å². The van der Waals surface area contributed by atoms with Gasteiger partial charge in [-0.1, -0.05) is 25.7 Å². The summed E-state index contributed by atoms with van der Waals surface area (Å²) in [6, 6.07) is 17.0. The first kappa shape index (κ1) is 28.5. The molecule has 3 aromatic heterocycles. The highest BCUT2D eigenvalue weighted by atomic mass is 28.3. The second-order valence-electron chi connectivity index (χ2n) is 12.5. The predicted octanol–water partition coefficient (Wildman–Crippen LogP) is 5.84. The number of likely N-dealkylation sites (tertiary alicyclic amines) is 1. The van der Waals surface area contributed by atoms with Crippen molar-refractivity contribution in [3.63, 3.8) is 0 Å². The van der Waals surface area contributed by atoms with Crippen molar-refractivity contribution in [3.8, 4) is 22.9 Å². The normalized spacial score (nSPS) is 20.0. The zero-order chi connectivity index (χ0) is 29.3. The van der Waals surface area contributed by atoms with Crippen molar-refractivity contribution in [2.45, 2.75) is 45.9 Å². The largest absolute Gasteiger partial charge is 0.466 e. The van der Waals surface area contributed by atoms with Gasteiger partial charge in [0.2, 0.25) is 5.88 Å². The van der Waals surface area contributed by atoms with Crippen LogP contribution < -0.4 is 4.74 Å². The zero-order valence-corrected chi connectivity index (χ0v) is 25.8. The molecule has 1 unspecified atom stereocenters. The van der Waals surface area contributed by atoms with Gasteiger partial charge in [0.25, 0.3) is 0 Å². The van der Waals surface area contributed by atoms with Gasteiger partial charge in [0, 0.05) is 63.7 Å².